The molecule has 1 aliphatic carbocycles. The van der Waals surface area contributed by atoms with Crippen molar-refractivity contribution in [1.82, 2.24) is 0 Å². The highest BCUT2D eigenvalue weighted by atomic mass is 32.2. The molecule has 2 nitrogen and oxygen atoms in total. The summed E-state index contributed by atoms with van der Waals surface area (Å²) in [4.78, 5) is 1.37. The topological polar surface area (TPSA) is 52.0 Å². The molecule has 2 rings (SSSR count). The molecule has 0 aliphatic heterocycles. The lowest BCUT2D eigenvalue weighted by atomic mass is 9.96. The van der Waals surface area contributed by atoms with Crippen LogP contribution in [0.15, 0.2) is 23.1 Å². The minimum absolute atomic E-state index is 0.435. The van der Waals surface area contributed by atoms with Crippen molar-refractivity contribution in [2.75, 3.05) is 5.73 Å². The monoisotopic (exact) mass is 236 g/mol. The van der Waals surface area contributed by atoms with E-state index in [1.54, 1.807) is 0 Å². The highest BCUT2D eigenvalue weighted by Gasteiger charge is 2.19. The molecule has 3 heteroatoms. The van der Waals surface area contributed by atoms with Crippen molar-refractivity contribution < 1.29 is 0 Å². The maximum Gasteiger partial charge on any atom is 0.0317 e. The number of hydrogen-bond donors (Lipinski definition) is 2. The molecule has 1 fully saturated rings. The molecule has 0 atom stereocenters. The largest absolute Gasteiger partial charge is 0.399 e. The molecule has 1 saturated carbocycles. The van der Waals surface area contributed by atoms with Crippen LogP contribution >= 0.6 is 11.8 Å². The Kier molecular flexibility index (Phi) is 3.77. The number of hydrogen-bond acceptors (Lipinski definition) is 3. The zero-order valence-corrected chi connectivity index (χ0v) is 10.6. The Morgan fingerprint density at radius 3 is 2.50 bits per heavy atom. The van der Waals surface area contributed by atoms with Gasteiger partial charge in [0.2, 0.25) is 0 Å². The Morgan fingerprint density at radius 2 is 1.88 bits per heavy atom. The van der Waals surface area contributed by atoms with Gasteiger partial charge in [-0.1, -0.05) is 0 Å². The second-order valence-corrected chi connectivity index (χ2v) is 6.02. The standard InChI is InChI=1S/C13H20N2S/c1-9-8-11(15)4-7-13(9)16-12-5-2-10(14)3-6-12/h4,7-8,10,12H,2-3,5-6,14-15H2,1H3. The van der Waals surface area contributed by atoms with Crippen molar-refractivity contribution in [3.63, 3.8) is 0 Å². The molecule has 4 N–H and O–H groups in total. The molecule has 0 spiro atoms. The summed E-state index contributed by atoms with van der Waals surface area (Å²) >= 11 is 1.99. The number of nitrogen functional groups attached to an aromatic ring is 1. The maximum atomic E-state index is 5.91. The van der Waals surface area contributed by atoms with Crippen LogP contribution < -0.4 is 11.5 Å². The third kappa shape index (κ3) is 2.92. The lowest BCUT2D eigenvalue weighted by Gasteiger charge is -2.26. The maximum absolute atomic E-state index is 5.91. The Hall–Kier alpha value is -0.670. The van der Waals surface area contributed by atoms with E-state index >= 15 is 0 Å². The van der Waals surface area contributed by atoms with Crippen molar-refractivity contribution in [3.8, 4) is 0 Å². The molecule has 0 bridgehead atoms. The van der Waals surface area contributed by atoms with Crippen molar-refractivity contribution >= 4 is 17.4 Å². The Balaban J connectivity index is 1.98. The number of aryl methyl sites for hydroxylation is 1. The van der Waals surface area contributed by atoms with Gasteiger partial charge in [-0.05, 0) is 56.4 Å². The molecule has 0 amide bonds. The first-order valence-corrected chi connectivity index (χ1v) is 6.81. The van der Waals surface area contributed by atoms with Crippen LogP contribution in [0, 0.1) is 6.92 Å². The van der Waals surface area contributed by atoms with Crippen molar-refractivity contribution in [2.24, 2.45) is 5.73 Å². The van der Waals surface area contributed by atoms with Gasteiger partial charge >= 0.3 is 0 Å². The zero-order valence-electron chi connectivity index (χ0n) is 9.78. The van der Waals surface area contributed by atoms with Crippen LogP contribution in [-0.4, -0.2) is 11.3 Å². The molecule has 0 heterocycles. The van der Waals surface area contributed by atoms with Crippen LogP contribution in [-0.2, 0) is 0 Å². The van der Waals surface area contributed by atoms with Gasteiger partial charge in [0.05, 0.1) is 0 Å². The lowest BCUT2D eigenvalue weighted by Crippen LogP contribution is -2.27. The molecule has 0 unspecified atom stereocenters. The second-order valence-electron chi connectivity index (χ2n) is 4.68. The zero-order chi connectivity index (χ0) is 11.5. The highest BCUT2D eigenvalue weighted by Crippen LogP contribution is 2.35. The second kappa shape index (κ2) is 5.11. The molecular formula is C13H20N2S. The van der Waals surface area contributed by atoms with Gasteiger partial charge in [0.25, 0.3) is 0 Å². The molecule has 16 heavy (non-hydrogen) atoms. The summed E-state index contributed by atoms with van der Waals surface area (Å²) in [7, 11) is 0. The normalized spacial score (nSPS) is 25.6. The van der Waals surface area contributed by atoms with E-state index in [0.717, 1.165) is 10.9 Å². The molecule has 1 aromatic rings. The van der Waals surface area contributed by atoms with Crippen LogP contribution in [0.1, 0.15) is 31.2 Å². The van der Waals surface area contributed by atoms with E-state index < -0.39 is 0 Å². The summed E-state index contributed by atoms with van der Waals surface area (Å²) in [5, 5.41) is 0.738. The van der Waals surface area contributed by atoms with Crippen LogP contribution in [0.5, 0.6) is 0 Å². The van der Waals surface area contributed by atoms with Gasteiger partial charge in [0, 0.05) is 21.9 Å². The fourth-order valence-electron chi connectivity index (χ4n) is 2.19. The van der Waals surface area contributed by atoms with Crippen LogP contribution in [0.2, 0.25) is 0 Å². The van der Waals surface area contributed by atoms with Crippen molar-refractivity contribution in [3.05, 3.63) is 23.8 Å². The molecule has 88 valence electrons. The lowest BCUT2D eigenvalue weighted by molar-refractivity contribution is 0.451. The molecule has 1 aromatic carbocycles. The van der Waals surface area contributed by atoms with Gasteiger partial charge < -0.3 is 11.5 Å². The number of thioether (sulfide) groups is 1. The van der Waals surface area contributed by atoms with E-state index in [4.69, 9.17) is 11.5 Å². The van der Waals surface area contributed by atoms with E-state index in [0.29, 0.717) is 6.04 Å². The first-order chi connectivity index (χ1) is 7.65. The van der Waals surface area contributed by atoms with E-state index in [9.17, 15) is 0 Å². The molecule has 0 radical (unpaired) electrons. The van der Waals surface area contributed by atoms with Gasteiger partial charge in [-0.25, -0.2) is 0 Å². The summed E-state index contributed by atoms with van der Waals surface area (Å²) in [5.74, 6) is 0. The fourth-order valence-corrected chi connectivity index (χ4v) is 3.45. The third-order valence-electron chi connectivity index (χ3n) is 3.21. The summed E-state index contributed by atoms with van der Waals surface area (Å²) in [6.45, 7) is 2.13. The fraction of sp³-hybridized carbons (Fsp3) is 0.538. The van der Waals surface area contributed by atoms with Gasteiger partial charge in [-0.15, -0.1) is 11.8 Å². The Bertz CT molecular complexity index is 357. The summed E-state index contributed by atoms with van der Waals surface area (Å²) in [5.41, 5.74) is 13.8. The molecular weight excluding hydrogens is 216 g/mol. The summed E-state index contributed by atoms with van der Waals surface area (Å²) < 4.78 is 0. The van der Waals surface area contributed by atoms with Crippen LogP contribution in [0.25, 0.3) is 0 Å². The summed E-state index contributed by atoms with van der Waals surface area (Å²) in [6.07, 6.45) is 4.84. The molecule has 1 aliphatic rings. The van der Waals surface area contributed by atoms with E-state index in [-0.39, 0.29) is 0 Å². The average Bonchev–Trinajstić information content (AvgIpc) is 2.25. The highest BCUT2D eigenvalue weighted by molar-refractivity contribution is 8.00. The van der Waals surface area contributed by atoms with E-state index in [1.165, 1.54) is 36.1 Å². The molecule has 0 saturated heterocycles. The minimum atomic E-state index is 0.435. The predicted octanol–water partition coefficient (Wildman–Crippen LogP) is 2.94. The van der Waals surface area contributed by atoms with Crippen LogP contribution in [0.3, 0.4) is 0 Å². The number of anilines is 1. The quantitative estimate of drug-likeness (QED) is 0.776. The Labute approximate surface area is 102 Å². The SMILES string of the molecule is Cc1cc(N)ccc1SC1CCC(N)CC1. The smallest absolute Gasteiger partial charge is 0.0317 e. The van der Waals surface area contributed by atoms with Crippen molar-refractivity contribution in [2.45, 2.75) is 48.8 Å². The first-order valence-electron chi connectivity index (χ1n) is 5.93. The minimum Gasteiger partial charge on any atom is -0.399 e. The van der Waals surface area contributed by atoms with E-state index in [2.05, 4.69) is 19.1 Å². The number of benzene rings is 1. The predicted molar refractivity (Wildman–Crippen MR) is 71.7 cm³/mol. The number of rotatable bonds is 2. The van der Waals surface area contributed by atoms with Gasteiger partial charge in [-0.2, -0.15) is 0 Å². The van der Waals surface area contributed by atoms with Crippen LogP contribution in [0.4, 0.5) is 5.69 Å². The van der Waals surface area contributed by atoms with Gasteiger partial charge in [0.1, 0.15) is 0 Å². The summed E-state index contributed by atoms with van der Waals surface area (Å²) in [6, 6.07) is 6.62. The van der Waals surface area contributed by atoms with Gasteiger partial charge in [0.15, 0.2) is 0 Å². The van der Waals surface area contributed by atoms with E-state index in [1.807, 2.05) is 17.8 Å². The van der Waals surface area contributed by atoms with Gasteiger partial charge in [-0.3, -0.25) is 0 Å². The average molecular weight is 236 g/mol. The number of nitrogens with two attached hydrogens (primary N) is 2. The first kappa shape index (κ1) is 11.8. The van der Waals surface area contributed by atoms with Crippen molar-refractivity contribution in [1.29, 1.82) is 0 Å². The Morgan fingerprint density at radius 1 is 1.19 bits per heavy atom. The third-order valence-corrected chi connectivity index (χ3v) is 4.73. The molecule has 0 aromatic heterocycles.